The van der Waals surface area contributed by atoms with Crippen LogP contribution in [0.3, 0.4) is 0 Å². The molecule has 6 rings (SSSR count). The zero-order valence-corrected chi connectivity index (χ0v) is 20.8. The van der Waals surface area contributed by atoms with Gasteiger partial charge in [-0.25, -0.2) is 19.2 Å². The van der Waals surface area contributed by atoms with Crippen molar-refractivity contribution in [1.82, 2.24) is 15.3 Å². The van der Waals surface area contributed by atoms with Crippen molar-refractivity contribution in [3.8, 4) is 11.3 Å². The molecule has 2 atom stereocenters. The number of benzene rings is 2. The number of rotatable bonds is 6. The minimum Gasteiger partial charge on any atom is -0.445 e. The summed E-state index contributed by atoms with van der Waals surface area (Å²) in [5.41, 5.74) is 2.15. The van der Waals surface area contributed by atoms with Gasteiger partial charge in [0.05, 0.1) is 31.5 Å². The zero-order valence-electron chi connectivity index (χ0n) is 20.8. The summed E-state index contributed by atoms with van der Waals surface area (Å²) in [6, 6.07) is 16.2. The topological polar surface area (TPSA) is 76.6 Å². The summed E-state index contributed by atoms with van der Waals surface area (Å²) in [7, 11) is 0. The van der Waals surface area contributed by atoms with Crippen LogP contribution >= 0.6 is 0 Å². The number of alkyl carbamates (subject to hydrolysis) is 1. The smallest absolute Gasteiger partial charge is 0.408 e. The summed E-state index contributed by atoms with van der Waals surface area (Å²) in [5.74, 6) is -2.93. The Bertz CT molecular complexity index is 1350. The van der Waals surface area contributed by atoms with Gasteiger partial charge >= 0.3 is 6.09 Å². The second-order valence-electron chi connectivity index (χ2n) is 10.2. The van der Waals surface area contributed by atoms with Crippen LogP contribution in [0.15, 0.2) is 54.6 Å². The van der Waals surface area contributed by atoms with Crippen molar-refractivity contribution in [2.45, 2.75) is 50.0 Å². The number of nitrogens with zero attached hydrogens (tertiary/aromatic N) is 3. The largest absolute Gasteiger partial charge is 0.445 e. The predicted octanol–water partition coefficient (Wildman–Crippen LogP) is 4.88. The maximum Gasteiger partial charge on any atom is 0.408 e. The molecule has 3 heterocycles. The van der Waals surface area contributed by atoms with Gasteiger partial charge in [0.2, 0.25) is 5.95 Å². The number of anilines is 1. The lowest BCUT2D eigenvalue weighted by atomic mass is 9.87. The Hall–Kier alpha value is -3.66. The van der Waals surface area contributed by atoms with E-state index in [4.69, 9.17) is 9.47 Å². The fourth-order valence-electron chi connectivity index (χ4n) is 5.13. The van der Waals surface area contributed by atoms with Crippen molar-refractivity contribution in [3.63, 3.8) is 0 Å². The van der Waals surface area contributed by atoms with Crippen molar-refractivity contribution in [1.29, 1.82) is 0 Å². The van der Waals surface area contributed by atoms with Crippen molar-refractivity contribution in [3.05, 3.63) is 77.0 Å². The number of fused-ring (bicyclic) bond motifs is 1. The van der Waals surface area contributed by atoms with Crippen LogP contribution in [0, 0.1) is 0 Å². The Labute approximate surface area is 218 Å². The molecular formula is C28H27F3N4O3. The maximum atomic E-state index is 14.7. The van der Waals surface area contributed by atoms with Gasteiger partial charge in [-0.05, 0) is 24.5 Å². The summed E-state index contributed by atoms with van der Waals surface area (Å²) in [5, 5.41) is 2.92. The molecular weight excluding hydrogens is 497 g/mol. The molecule has 0 bridgehead atoms. The molecule has 2 saturated heterocycles. The van der Waals surface area contributed by atoms with Gasteiger partial charge in [-0.3, -0.25) is 0 Å². The molecule has 1 amide bonds. The first-order chi connectivity index (χ1) is 18.3. The lowest BCUT2D eigenvalue weighted by Gasteiger charge is -2.42. The lowest BCUT2D eigenvalue weighted by molar-refractivity contribution is -0.0762. The van der Waals surface area contributed by atoms with E-state index in [1.165, 1.54) is 0 Å². The fourth-order valence-corrected chi connectivity index (χ4v) is 5.13. The maximum absolute atomic E-state index is 14.7. The zero-order chi connectivity index (χ0) is 26.5. The number of alkyl halides is 3. The second-order valence-corrected chi connectivity index (χ2v) is 10.2. The average Bonchev–Trinajstić information content (AvgIpc) is 3.22. The number of halogens is 3. The third kappa shape index (κ3) is 4.26. The highest BCUT2D eigenvalue weighted by Crippen LogP contribution is 2.45. The van der Waals surface area contributed by atoms with E-state index < -0.39 is 29.8 Å². The molecule has 38 heavy (non-hydrogen) atoms. The van der Waals surface area contributed by atoms with Gasteiger partial charge < -0.3 is 19.7 Å². The van der Waals surface area contributed by atoms with Crippen LogP contribution in [0.4, 0.5) is 23.9 Å². The van der Waals surface area contributed by atoms with E-state index in [0.29, 0.717) is 16.8 Å². The molecule has 2 aliphatic heterocycles. The summed E-state index contributed by atoms with van der Waals surface area (Å²) in [6.07, 6.45) is -1.77. The van der Waals surface area contributed by atoms with Gasteiger partial charge in [0.25, 0.3) is 5.92 Å². The third-order valence-electron chi connectivity index (χ3n) is 7.64. The van der Waals surface area contributed by atoms with Gasteiger partial charge in [-0.15, -0.1) is 0 Å². The number of amides is 1. The van der Waals surface area contributed by atoms with Crippen molar-refractivity contribution >= 4 is 12.0 Å². The van der Waals surface area contributed by atoms with Crippen molar-refractivity contribution in [2.24, 2.45) is 0 Å². The Morgan fingerprint density at radius 3 is 2.50 bits per heavy atom. The van der Waals surface area contributed by atoms with E-state index in [0.717, 1.165) is 11.1 Å². The molecule has 1 aliphatic carbocycles. The highest BCUT2D eigenvalue weighted by Gasteiger charge is 2.46. The summed E-state index contributed by atoms with van der Waals surface area (Å²) in [6.45, 7) is 2.48. The van der Waals surface area contributed by atoms with Gasteiger partial charge in [0.15, 0.2) is 0 Å². The second kappa shape index (κ2) is 9.27. The molecule has 0 unspecified atom stereocenters. The molecule has 0 spiro atoms. The van der Waals surface area contributed by atoms with Crippen LogP contribution in [0.25, 0.3) is 11.3 Å². The Balaban J connectivity index is 1.25. The van der Waals surface area contributed by atoms with Crippen molar-refractivity contribution in [2.75, 3.05) is 24.7 Å². The predicted molar refractivity (Wildman–Crippen MR) is 134 cm³/mol. The van der Waals surface area contributed by atoms with Gasteiger partial charge in [-0.1, -0.05) is 54.6 Å². The van der Waals surface area contributed by atoms with Crippen LogP contribution in [-0.4, -0.2) is 48.0 Å². The lowest BCUT2D eigenvalue weighted by Crippen LogP contribution is -2.59. The number of carbonyl (C=O) groups excluding carboxylic acids is 1. The van der Waals surface area contributed by atoms with E-state index >= 15 is 0 Å². The summed E-state index contributed by atoms with van der Waals surface area (Å²) >= 11 is 0. The summed E-state index contributed by atoms with van der Waals surface area (Å²) < 4.78 is 54.0. The van der Waals surface area contributed by atoms with Crippen LogP contribution in [0.2, 0.25) is 0 Å². The molecule has 1 aromatic heterocycles. The number of hydrogen-bond acceptors (Lipinski definition) is 6. The Morgan fingerprint density at radius 2 is 1.87 bits per heavy atom. The molecule has 3 aromatic rings. The van der Waals surface area contributed by atoms with Crippen LogP contribution < -0.4 is 10.2 Å². The molecule has 0 saturated carbocycles. The molecule has 7 nitrogen and oxygen atoms in total. The number of nitrogens with one attached hydrogen (secondary N) is 1. The first-order valence-corrected chi connectivity index (χ1v) is 12.6. The highest BCUT2D eigenvalue weighted by molar-refractivity contribution is 5.70. The minimum absolute atomic E-state index is 0.0818. The molecule has 1 N–H and O–H groups in total. The van der Waals surface area contributed by atoms with E-state index in [9.17, 15) is 18.0 Å². The van der Waals surface area contributed by atoms with Gasteiger partial charge in [0.1, 0.15) is 24.0 Å². The monoisotopic (exact) mass is 524 g/mol. The first kappa shape index (κ1) is 24.7. The molecule has 198 valence electrons. The van der Waals surface area contributed by atoms with E-state index in [1.54, 1.807) is 24.0 Å². The van der Waals surface area contributed by atoms with Gasteiger partial charge in [-0.2, -0.15) is 8.78 Å². The number of carbonyl (C=O) groups is 1. The molecule has 10 heteroatoms. The minimum atomic E-state index is -3.05. The SMILES string of the molecule is C[C@H]1[C@H](F)CN1c1nc(-c2ccc(C3(NC(=O)OCc4ccccc4)COC3)cc2)c2c(n1)C(F)(F)CC2. The first-order valence-electron chi connectivity index (χ1n) is 12.6. The fraction of sp³-hybridized carbons (Fsp3) is 0.393. The Kier molecular flexibility index (Phi) is 6.02. The average molecular weight is 525 g/mol. The Morgan fingerprint density at radius 1 is 1.13 bits per heavy atom. The number of ether oxygens (including phenoxy) is 2. The summed E-state index contributed by atoms with van der Waals surface area (Å²) in [4.78, 5) is 23.0. The quantitative estimate of drug-likeness (QED) is 0.496. The van der Waals surface area contributed by atoms with E-state index in [2.05, 4.69) is 15.3 Å². The normalized spacial score (nSPS) is 22.7. The molecule has 2 fully saturated rings. The van der Waals surface area contributed by atoms with E-state index in [1.807, 2.05) is 42.5 Å². The van der Waals surface area contributed by atoms with Crippen LogP contribution in [0.1, 0.15) is 35.7 Å². The highest BCUT2D eigenvalue weighted by atomic mass is 19.3. The molecule has 0 radical (unpaired) electrons. The number of hydrogen-bond donors (Lipinski definition) is 1. The van der Waals surface area contributed by atoms with Crippen LogP contribution in [0.5, 0.6) is 0 Å². The van der Waals surface area contributed by atoms with E-state index in [-0.39, 0.29) is 50.8 Å². The third-order valence-corrected chi connectivity index (χ3v) is 7.64. The molecule has 3 aliphatic rings. The van der Waals surface area contributed by atoms with Crippen LogP contribution in [-0.2, 0) is 34.0 Å². The van der Waals surface area contributed by atoms with Crippen molar-refractivity contribution < 1.29 is 27.4 Å². The standard InChI is InChI=1S/C28H27F3N4O3/c1-17-22(29)13-35(17)25-32-23(21-11-12-28(30,31)24(21)33-25)19-7-9-20(10-8-19)27(15-37-16-27)34-26(36)38-14-18-5-3-2-4-6-18/h2-10,17,22H,11-16H2,1H3,(H,34,36)/t17-,22+/m0/s1. The molecule has 2 aromatic carbocycles. The number of aromatic nitrogens is 2. The van der Waals surface area contributed by atoms with Gasteiger partial charge in [0, 0.05) is 17.5 Å².